The van der Waals surface area contributed by atoms with Crippen LogP contribution in [0.4, 0.5) is 4.39 Å². The van der Waals surface area contributed by atoms with Crippen LogP contribution in [-0.2, 0) is 24.3 Å². The van der Waals surface area contributed by atoms with Crippen molar-refractivity contribution in [3.05, 3.63) is 62.5 Å². The molecule has 0 radical (unpaired) electrons. The maximum absolute atomic E-state index is 13.8. The second-order valence-electron chi connectivity index (χ2n) is 9.67. The molecule has 1 saturated carbocycles. The van der Waals surface area contributed by atoms with Gasteiger partial charge < -0.3 is 15.2 Å². The number of allylic oxidation sites excluding steroid dienone is 1. The highest BCUT2D eigenvalue weighted by Crippen LogP contribution is 2.41. The van der Waals surface area contributed by atoms with Crippen LogP contribution in [0.5, 0.6) is 0 Å². The molecule has 1 aliphatic carbocycles. The molecule has 0 spiro atoms. The smallest absolute Gasteiger partial charge is 0.335 e. The number of carbonyl (C=O) groups excluding carboxylic acids is 1. The Kier molecular flexibility index (Phi) is 7.77. The molecule has 2 fully saturated rings. The monoisotopic (exact) mass is 596 g/mol. The Hall–Kier alpha value is -2.87. The Morgan fingerprint density at radius 1 is 1.26 bits per heavy atom. The lowest BCUT2D eigenvalue weighted by molar-refractivity contribution is -0.148. The summed E-state index contributed by atoms with van der Waals surface area (Å²) in [5.74, 6) is -2.50. The number of amidine groups is 1. The van der Waals surface area contributed by atoms with Crippen LogP contribution in [0.3, 0.4) is 0 Å². The Labute approximate surface area is 233 Å². The number of aromatic nitrogens is 1. The van der Waals surface area contributed by atoms with E-state index in [1.54, 1.807) is 11.6 Å². The topological polar surface area (TPSA) is 138 Å². The van der Waals surface area contributed by atoms with Gasteiger partial charge in [0.05, 0.1) is 23.9 Å². The summed E-state index contributed by atoms with van der Waals surface area (Å²) in [4.78, 5) is 33.2. The summed E-state index contributed by atoms with van der Waals surface area (Å²) in [7, 11) is -2.32. The number of aliphatic imine (C=N–C) groups is 1. The van der Waals surface area contributed by atoms with Crippen molar-refractivity contribution in [2.24, 2.45) is 16.8 Å². The summed E-state index contributed by atoms with van der Waals surface area (Å²) in [6.07, 6.45) is 2.83. The van der Waals surface area contributed by atoms with Crippen molar-refractivity contribution >= 4 is 50.7 Å². The molecule has 1 atom stereocenters. The summed E-state index contributed by atoms with van der Waals surface area (Å²) in [5.41, 5.74) is 0.734. The minimum Gasteiger partial charge on any atom is -0.478 e. The van der Waals surface area contributed by atoms with E-state index >= 15 is 0 Å². The molecule has 208 valence electrons. The predicted octanol–water partition coefficient (Wildman–Crippen LogP) is 3.36. The highest BCUT2D eigenvalue weighted by molar-refractivity contribution is 7.89. The van der Waals surface area contributed by atoms with Crippen molar-refractivity contribution in [3.8, 4) is 0 Å². The van der Waals surface area contributed by atoms with Gasteiger partial charge in [0.1, 0.15) is 11.9 Å². The quantitative estimate of drug-likeness (QED) is 0.464. The molecule has 39 heavy (non-hydrogen) atoms. The molecule has 0 amide bonds. The van der Waals surface area contributed by atoms with Crippen LogP contribution in [0.25, 0.3) is 0 Å². The minimum atomic E-state index is -3.61. The van der Waals surface area contributed by atoms with Crippen molar-refractivity contribution in [3.63, 3.8) is 0 Å². The number of hydrogen-bond donors (Lipinski definition) is 2. The summed E-state index contributed by atoms with van der Waals surface area (Å²) >= 11 is 7.66. The number of sulfonamides is 1. The first kappa shape index (κ1) is 27.7. The number of carboxylic acids is 1. The van der Waals surface area contributed by atoms with E-state index in [0.717, 1.165) is 6.07 Å². The van der Waals surface area contributed by atoms with Gasteiger partial charge in [0.25, 0.3) is 0 Å². The van der Waals surface area contributed by atoms with Crippen molar-refractivity contribution in [2.75, 3.05) is 20.2 Å². The molecule has 10 nitrogen and oxygen atoms in total. The van der Waals surface area contributed by atoms with E-state index in [2.05, 4.69) is 15.3 Å². The number of benzene rings is 1. The number of piperidine rings is 1. The molecule has 14 heteroatoms. The molecule has 2 N–H and O–H groups in total. The van der Waals surface area contributed by atoms with Gasteiger partial charge in [-0.1, -0.05) is 17.7 Å². The van der Waals surface area contributed by atoms with Gasteiger partial charge in [0.2, 0.25) is 10.0 Å². The van der Waals surface area contributed by atoms with Crippen LogP contribution in [0.1, 0.15) is 42.3 Å². The van der Waals surface area contributed by atoms with Gasteiger partial charge in [-0.15, -0.1) is 11.3 Å². The lowest BCUT2D eigenvalue weighted by atomic mass is 9.85. The first-order chi connectivity index (χ1) is 18.6. The maximum Gasteiger partial charge on any atom is 0.335 e. The van der Waals surface area contributed by atoms with Crippen LogP contribution in [0, 0.1) is 17.7 Å². The number of aliphatic carboxylic acids is 1. The Balaban J connectivity index is 1.41. The predicted molar refractivity (Wildman–Crippen MR) is 142 cm³/mol. The van der Waals surface area contributed by atoms with E-state index in [1.165, 1.54) is 34.9 Å². The van der Waals surface area contributed by atoms with Gasteiger partial charge in [0, 0.05) is 46.9 Å². The third-order valence-electron chi connectivity index (χ3n) is 7.47. The summed E-state index contributed by atoms with van der Waals surface area (Å²) in [5, 5.41) is 15.2. The van der Waals surface area contributed by atoms with E-state index < -0.39 is 45.0 Å². The first-order valence-electron chi connectivity index (χ1n) is 12.3. The summed E-state index contributed by atoms with van der Waals surface area (Å²) in [6, 6.07) is 2.73. The Morgan fingerprint density at radius 3 is 2.56 bits per heavy atom. The third-order valence-corrected chi connectivity index (χ3v) is 10.9. The third kappa shape index (κ3) is 5.32. The average Bonchev–Trinajstić information content (AvgIpc) is 3.42. The number of carbonyl (C=O) groups is 2. The van der Waals surface area contributed by atoms with E-state index in [9.17, 15) is 27.5 Å². The number of esters is 1. The average molecular weight is 597 g/mol. The maximum atomic E-state index is 13.8. The molecule has 0 bridgehead atoms. The van der Waals surface area contributed by atoms with Crippen LogP contribution < -0.4 is 5.32 Å². The van der Waals surface area contributed by atoms with E-state index in [0.29, 0.717) is 34.9 Å². The lowest BCUT2D eigenvalue weighted by Gasteiger charge is -2.40. The number of rotatable bonds is 7. The number of halogens is 2. The molecule has 1 saturated heterocycles. The largest absolute Gasteiger partial charge is 0.478 e. The number of carboxylic acid groups (broad SMARTS) is 1. The van der Waals surface area contributed by atoms with Crippen molar-refractivity contribution in [1.82, 2.24) is 14.6 Å². The highest BCUT2D eigenvalue weighted by atomic mass is 35.5. The molecule has 1 aromatic carbocycles. The highest BCUT2D eigenvalue weighted by Gasteiger charge is 2.46. The van der Waals surface area contributed by atoms with Gasteiger partial charge in [-0.3, -0.25) is 9.79 Å². The Bertz CT molecular complexity index is 1450. The summed E-state index contributed by atoms with van der Waals surface area (Å²) < 4.78 is 46.3. The van der Waals surface area contributed by atoms with Crippen LogP contribution in [0.15, 0.2) is 46.0 Å². The zero-order valence-corrected chi connectivity index (χ0v) is 23.2. The zero-order valence-electron chi connectivity index (χ0n) is 20.8. The normalized spacial score (nSPS) is 24.5. The number of ether oxygens (including phenoxy) is 1. The van der Waals surface area contributed by atoms with Crippen LogP contribution in [-0.4, -0.2) is 66.0 Å². The van der Waals surface area contributed by atoms with Gasteiger partial charge >= 0.3 is 11.9 Å². The fourth-order valence-corrected chi connectivity index (χ4v) is 8.25. The SMILES string of the molecule is COC(=O)C1CC(S(=O)(=O)N2CCC(C3=C(C(=O)O)C(c4ccc(F)cc4Cl)N=C(c4nccs4)N3)CC2)C1. The van der Waals surface area contributed by atoms with Gasteiger partial charge in [-0.05, 0) is 37.8 Å². The zero-order chi connectivity index (χ0) is 27.9. The van der Waals surface area contributed by atoms with E-state index in [-0.39, 0.29) is 42.4 Å². The molecule has 3 aliphatic rings. The van der Waals surface area contributed by atoms with Crippen LogP contribution in [0.2, 0.25) is 5.02 Å². The fraction of sp³-hybridized carbons (Fsp3) is 0.440. The summed E-state index contributed by atoms with van der Waals surface area (Å²) in [6.45, 7) is 0.409. The molecule has 5 rings (SSSR count). The second-order valence-corrected chi connectivity index (χ2v) is 13.2. The Morgan fingerprint density at radius 2 is 1.97 bits per heavy atom. The first-order valence-corrected chi connectivity index (χ1v) is 15.1. The lowest BCUT2D eigenvalue weighted by Crippen LogP contribution is -2.50. The standard InChI is InChI=1S/C25H26ClFN4O6S2/c1-37-25(34)14-10-16(11-14)39(35,36)31-7-4-13(5-8-31)20-19(24(32)33)21(17-3-2-15(27)12-18(17)26)30-22(29-20)23-28-6-9-38-23/h2-3,6,9,12-14,16,21H,4-5,7-8,10-11H2,1H3,(H,29,30)(H,32,33). The van der Waals surface area contributed by atoms with Crippen molar-refractivity contribution < 1.29 is 32.2 Å². The van der Waals surface area contributed by atoms with Gasteiger partial charge in [-0.2, -0.15) is 0 Å². The minimum absolute atomic E-state index is 0.0231. The number of methoxy groups -OCH3 is 1. The number of hydrogen-bond acceptors (Lipinski definition) is 9. The molecule has 1 unspecified atom stereocenters. The van der Waals surface area contributed by atoms with E-state index in [1.807, 2.05) is 0 Å². The number of nitrogens with one attached hydrogen (secondary N) is 1. The molecule has 1 aromatic heterocycles. The number of nitrogens with zero attached hydrogens (tertiary/aromatic N) is 3. The molecule has 2 aromatic rings. The molecule has 3 heterocycles. The second kappa shape index (κ2) is 11.0. The van der Waals surface area contributed by atoms with Crippen molar-refractivity contribution in [1.29, 1.82) is 0 Å². The van der Waals surface area contributed by atoms with Crippen molar-refractivity contribution in [2.45, 2.75) is 37.0 Å². The van der Waals surface area contributed by atoms with Crippen LogP contribution >= 0.6 is 22.9 Å². The molecule has 2 aliphatic heterocycles. The van der Waals surface area contributed by atoms with E-state index in [4.69, 9.17) is 16.3 Å². The number of thiazole rings is 1. The van der Waals surface area contributed by atoms with Gasteiger partial charge in [0.15, 0.2) is 10.8 Å². The fourth-order valence-electron chi connectivity index (χ4n) is 5.30. The van der Waals surface area contributed by atoms with Gasteiger partial charge in [-0.25, -0.2) is 26.9 Å². The molecular weight excluding hydrogens is 571 g/mol. The molecular formula is C25H26ClFN4O6S2.